The van der Waals surface area contributed by atoms with Crippen LogP contribution in [0.2, 0.25) is 5.02 Å². The summed E-state index contributed by atoms with van der Waals surface area (Å²) in [6.07, 6.45) is 0. The molecule has 0 aliphatic carbocycles. The fourth-order valence-electron chi connectivity index (χ4n) is 2.09. The van der Waals surface area contributed by atoms with E-state index >= 15 is 0 Å². The Bertz CT molecular complexity index is 715. The average Bonchev–Trinajstić information content (AvgIpc) is 2.60. The molecule has 1 atom stereocenters. The molecule has 5 nitrogen and oxygen atoms in total. The van der Waals surface area contributed by atoms with Gasteiger partial charge in [0.2, 0.25) is 0 Å². The molecule has 2 aromatic carbocycles. The first-order valence-electron chi connectivity index (χ1n) is 7.36. The van der Waals surface area contributed by atoms with Gasteiger partial charge in [0.05, 0.1) is 23.7 Å². The van der Waals surface area contributed by atoms with Crippen LogP contribution in [-0.2, 0) is 9.53 Å². The highest BCUT2D eigenvalue weighted by atomic mass is 35.5. The number of ether oxygens (including phenoxy) is 2. The number of benzene rings is 2. The van der Waals surface area contributed by atoms with Gasteiger partial charge < -0.3 is 14.8 Å². The second-order valence-corrected chi connectivity index (χ2v) is 5.53. The first kappa shape index (κ1) is 17.8. The van der Waals surface area contributed by atoms with Crippen LogP contribution in [0.1, 0.15) is 28.9 Å². The van der Waals surface area contributed by atoms with E-state index in [-0.39, 0.29) is 23.2 Å². The lowest BCUT2D eigenvalue weighted by molar-refractivity contribution is -0.124. The number of rotatable bonds is 6. The van der Waals surface area contributed by atoms with Gasteiger partial charge in [-0.25, -0.2) is 4.79 Å². The zero-order valence-electron chi connectivity index (χ0n) is 13.4. The summed E-state index contributed by atoms with van der Waals surface area (Å²) in [6, 6.07) is 13.6. The lowest BCUT2D eigenvalue weighted by Gasteiger charge is -2.15. The van der Waals surface area contributed by atoms with E-state index in [0.717, 1.165) is 11.3 Å². The molecule has 0 unspecified atom stereocenters. The molecule has 0 radical (unpaired) electrons. The third-order valence-corrected chi connectivity index (χ3v) is 3.75. The molecule has 0 aromatic heterocycles. The molecule has 0 aliphatic heterocycles. The molecular weight excluding hydrogens is 330 g/mol. The second kappa shape index (κ2) is 8.36. The highest BCUT2D eigenvalue weighted by Gasteiger charge is 2.15. The molecule has 0 fully saturated rings. The number of methoxy groups -OCH3 is 1. The molecule has 1 amide bonds. The molecule has 126 valence electrons. The van der Waals surface area contributed by atoms with Crippen LogP contribution in [0.15, 0.2) is 48.5 Å². The van der Waals surface area contributed by atoms with Gasteiger partial charge in [-0.2, -0.15) is 0 Å². The number of nitrogens with one attached hydrogen (secondary N) is 1. The molecule has 0 bridgehead atoms. The molecule has 2 rings (SSSR count). The van der Waals surface area contributed by atoms with E-state index in [4.69, 9.17) is 21.1 Å². The fourth-order valence-corrected chi connectivity index (χ4v) is 2.31. The van der Waals surface area contributed by atoms with Crippen LogP contribution >= 0.6 is 11.6 Å². The Morgan fingerprint density at radius 1 is 1.12 bits per heavy atom. The summed E-state index contributed by atoms with van der Waals surface area (Å²) in [5.74, 6) is -0.280. The summed E-state index contributed by atoms with van der Waals surface area (Å²) in [7, 11) is 1.59. The van der Waals surface area contributed by atoms with Crippen molar-refractivity contribution in [2.75, 3.05) is 13.7 Å². The number of halogens is 1. The standard InChI is InChI=1S/C18H18ClNO4/c1-12(13-7-9-14(23-2)10-8-13)20-17(21)11-24-18(22)15-5-3-4-6-16(15)19/h3-10,12H,11H2,1-2H3,(H,20,21)/t12-/m1/s1. The van der Waals surface area contributed by atoms with Gasteiger partial charge in [-0.05, 0) is 36.8 Å². The highest BCUT2D eigenvalue weighted by molar-refractivity contribution is 6.33. The van der Waals surface area contributed by atoms with Gasteiger partial charge in [-0.15, -0.1) is 0 Å². The maximum absolute atomic E-state index is 11.9. The summed E-state index contributed by atoms with van der Waals surface area (Å²) < 4.78 is 10.1. The maximum Gasteiger partial charge on any atom is 0.340 e. The lowest BCUT2D eigenvalue weighted by atomic mass is 10.1. The molecule has 0 saturated heterocycles. The zero-order chi connectivity index (χ0) is 17.5. The normalized spacial score (nSPS) is 11.5. The lowest BCUT2D eigenvalue weighted by Crippen LogP contribution is -2.31. The van der Waals surface area contributed by atoms with Gasteiger partial charge in [0.25, 0.3) is 5.91 Å². The van der Waals surface area contributed by atoms with Crippen molar-refractivity contribution in [3.8, 4) is 5.75 Å². The molecule has 1 N–H and O–H groups in total. The molecule has 0 heterocycles. The topological polar surface area (TPSA) is 64.6 Å². The first-order valence-corrected chi connectivity index (χ1v) is 7.74. The minimum Gasteiger partial charge on any atom is -0.497 e. The number of carbonyl (C=O) groups excluding carboxylic acids is 2. The van der Waals surface area contributed by atoms with Gasteiger partial charge in [0, 0.05) is 0 Å². The van der Waals surface area contributed by atoms with E-state index < -0.39 is 11.9 Å². The van der Waals surface area contributed by atoms with Crippen molar-refractivity contribution in [3.05, 3.63) is 64.7 Å². The van der Waals surface area contributed by atoms with Crippen LogP contribution in [0.25, 0.3) is 0 Å². The second-order valence-electron chi connectivity index (χ2n) is 5.12. The van der Waals surface area contributed by atoms with Crippen LogP contribution in [0.4, 0.5) is 0 Å². The Hall–Kier alpha value is -2.53. The summed E-state index contributed by atoms with van der Waals surface area (Å²) >= 11 is 5.91. The summed E-state index contributed by atoms with van der Waals surface area (Å²) in [5, 5.41) is 3.05. The van der Waals surface area contributed by atoms with E-state index in [9.17, 15) is 9.59 Å². The van der Waals surface area contributed by atoms with Crippen LogP contribution in [0.5, 0.6) is 5.75 Å². The van der Waals surface area contributed by atoms with Crippen molar-refractivity contribution in [2.45, 2.75) is 13.0 Å². The maximum atomic E-state index is 11.9. The quantitative estimate of drug-likeness (QED) is 0.813. The number of hydrogen-bond donors (Lipinski definition) is 1. The summed E-state index contributed by atoms with van der Waals surface area (Å²) in [6.45, 7) is 1.47. The van der Waals surface area contributed by atoms with Crippen LogP contribution in [0, 0.1) is 0 Å². The van der Waals surface area contributed by atoms with Gasteiger partial charge in [0.1, 0.15) is 5.75 Å². The third kappa shape index (κ3) is 4.73. The Morgan fingerprint density at radius 2 is 1.79 bits per heavy atom. The zero-order valence-corrected chi connectivity index (χ0v) is 14.2. The van der Waals surface area contributed by atoms with Crippen molar-refractivity contribution in [3.63, 3.8) is 0 Å². The average molecular weight is 348 g/mol. The Kier molecular flexibility index (Phi) is 6.21. The van der Waals surface area contributed by atoms with Gasteiger partial charge in [0.15, 0.2) is 6.61 Å². The van der Waals surface area contributed by atoms with E-state index in [0.29, 0.717) is 0 Å². The van der Waals surface area contributed by atoms with E-state index in [1.165, 1.54) is 0 Å². The smallest absolute Gasteiger partial charge is 0.340 e. The van der Waals surface area contributed by atoms with Crippen molar-refractivity contribution in [1.82, 2.24) is 5.32 Å². The molecule has 0 spiro atoms. The van der Waals surface area contributed by atoms with Crippen molar-refractivity contribution in [1.29, 1.82) is 0 Å². The number of esters is 1. The minimum absolute atomic E-state index is 0.220. The molecular formula is C18H18ClNO4. The SMILES string of the molecule is COc1ccc([C@@H](C)NC(=O)COC(=O)c2ccccc2Cl)cc1. The molecule has 24 heavy (non-hydrogen) atoms. The minimum atomic E-state index is -0.632. The summed E-state index contributed by atoms with van der Waals surface area (Å²) in [5.41, 5.74) is 1.15. The predicted molar refractivity (Wildman–Crippen MR) is 91.3 cm³/mol. The number of amides is 1. The van der Waals surface area contributed by atoms with Crippen LogP contribution < -0.4 is 10.1 Å². The van der Waals surface area contributed by atoms with Gasteiger partial charge in [-0.3, -0.25) is 4.79 Å². The summed E-state index contributed by atoms with van der Waals surface area (Å²) in [4.78, 5) is 23.8. The third-order valence-electron chi connectivity index (χ3n) is 3.42. The molecule has 2 aromatic rings. The molecule has 0 aliphatic rings. The number of hydrogen-bond acceptors (Lipinski definition) is 4. The Balaban J connectivity index is 1.86. The monoisotopic (exact) mass is 347 g/mol. The van der Waals surface area contributed by atoms with Gasteiger partial charge >= 0.3 is 5.97 Å². The van der Waals surface area contributed by atoms with E-state index in [1.807, 2.05) is 31.2 Å². The van der Waals surface area contributed by atoms with E-state index in [2.05, 4.69) is 5.32 Å². The highest BCUT2D eigenvalue weighted by Crippen LogP contribution is 2.18. The van der Waals surface area contributed by atoms with Crippen LogP contribution in [0.3, 0.4) is 0 Å². The van der Waals surface area contributed by atoms with Gasteiger partial charge in [-0.1, -0.05) is 35.9 Å². The van der Waals surface area contributed by atoms with E-state index in [1.54, 1.807) is 31.4 Å². The predicted octanol–water partition coefficient (Wildman–Crippen LogP) is 3.38. The van der Waals surface area contributed by atoms with Crippen molar-refractivity contribution >= 4 is 23.5 Å². The first-order chi connectivity index (χ1) is 11.5. The Morgan fingerprint density at radius 3 is 2.42 bits per heavy atom. The number of carbonyl (C=O) groups is 2. The fraction of sp³-hybridized carbons (Fsp3) is 0.222. The van der Waals surface area contributed by atoms with Crippen LogP contribution in [-0.4, -0.2) is 25.6 Å². The Labute approximate surface area is 145 Å². The van der Waals surface area contributed by atoms with Crippen molar-refractivity contribution < 1.29 is 19.1 Å². The largest absolute Gasteiger partial charge is 0.497 e. The molecule has 0 saturated carbocycles. The van der Waals surface area contributed by atoms with Crippen molar-refractivity contribution in [2.24, 2.45) is 0 Å². The molecule has 6 heteroatoms.